The van der Waals surface area contributed by atoms with E-state index in [4.69, 9.17) is 5.84 Å². The van der Waals surface area contributed by atoms with Gasteiger partial charge in [-0.3, -0.25) is 11.3 Å². The van der Waals surface area contributed by atoms with E-state index in [2.05, 4.69) is 17.6 Å². The molecule has 0 aromatic heterocycles. The van der Waals surface area contributed by atoms with E-state index in [1.807, 2.05) is 12.1 Å². The first-order valence-electron chi connectivity index (χ1n) is 6.34. The lowest BCUT2D eigenvalue weighted by Gasteiger charge is -2.22. The summed E-state index contributed by atoms with van der Waals surface area (Å²) in [7, 11) is 0. The first kappa shape index (κ1) is 13.5. The quantitative estimate of drug-likeness (QED) is 0.674. The SMILES string of the molecule is NNC(c1ccc(F)cc1F)C1Cc2ccccc2S1. The molecule has 0 bridgehead atoms. The number of fused-ring (bicyclic) bond motifs is 1. The van der Waals surface area contributed by atoms with Gasteiger partial charge in [-0.25, -0.2) is 8.78 Å². The minimum absolute atomic E-state index is 0.0948. The molecule has 2 nitrogen and oxygen atoms in total. The molecule has 2 unspecified atom stereocenters. The Labute approximate surface area is 120 Å². The zero-order valence-corrected chi connectivity index (χ0v) is 11.5. The zero-order valence-electron chi connectivity index (χ0n) is 10.6. The van der Waals surface area contributed by atoms with Crippen molar-refractivity contribution in [1.82, 2.24) is 5.43 Å². The van der Waals surface area contributed by atoms with E-state index in [0.717, 1.165) is 12.5 Å². The summed E-state index contributed by atoms with van der Waals surface area (Å²) in [6.07, 6.45) is 0.812. The van der Waals surface area contributed by atoms with Crippen LogP contribution in [0.5, 0.6) is 0 Å². The van der Waals surface area contributed by atoms with Gasteiger partial charge >= 0.3 is 0 Å². The fourth-order valence-electron chi connectivity index (χ4n) is 2.55. The molecule has 3 rings (SSSR count). The van der Waals surface area contributed by atoms with Crippen molar-refractivity contribution in [2.75, 3.05) is 0 Å². The third-order valence-corrected chi connectivity index (χ3v) is 4.91. The average molecular weight is 292 g/mol. The second kappa shape index (κ2) is 5.52. The third-order valence-electron chi connectivity index (χ3n) is 3.52. The number of hydrazine groups is 1. The van der Waals surface area contributed by atoms with Gasteiger partial charge in [-0.2, -0.15) is 0 Å². The number of nitrogens with one attached hydrogen (secondary N) is 1. The molecule has 0 saturated carbocycles. The highest BCUT2D eigenvalue weighted by Gasteiger charge is 2.31. The van der Waals surface area contributed by atoms with E-state index in [9.17, 15) is 8.78 Å². The van der Waals surface area contributed by atoms with Crippen LogP contribution in [-0.4, -0.2) is 5.25 Å². The summed E-state index contributed by atoms with van der Waals surface area (Å²) < 4.78 is 26.9. The highest BCUT2D eigenvalue weighted by molar-refractivity contribution is 8.00. The van der Waals surface area contributed by atoms with Crippen LogP contribution in [0.3, 0.4) is 0 Å². The van der Waals surface area contributed by atoms with Gasteiger partial charge in [0.25, 0.3) is 0 Å². The van der Waals surface area contributed by atoms with Gasteiger partial charge in [-0.15, -0.1) is 11.8 Å². The topological polar surface area (TPSA) is 38.0 Å². The van der Waals surface area contributed by atoms with Crippen LogP contribution >= 0.6 is 11.8 Å². The molecule has 2 aromatic carbocycles. The van der Waals surface area contributed by atoms with Crippen molar-refractivity contribution >= 4 is 11.8 Å². The van der Waals surface area contributed by atoms with Crippen molar-refractivity contribution in [1.29, 1.82) is 0 Å². The molecule has 1 aliphatic heterocycles. The van der Waals surface area contributed by atoms with Crippen molar-refractivity contribution in [3.8, 4) is 0 Å². The van der Waals surface area contributed by atoms with E-state index in [-0.39, 0.29) is 11.3 Å². The molecule has 2 aromatic rings. The van der Waals surface area contributed by atoms with Gasteiger partial charge < -0.3 is 0 Å². The van der Waals surface area contributed by atoms with Crippen LogP contribution in [0, 0.1) is 11.6 Å². The maximum absolute atomic E-state index is 13.9. The monoisotopic (exact) mass is 292 g/mol. The highest BCUT2D eigenvalue weighted by atomic mass is 32.2. The van der Waals surface area contributed by atoms with Crippen molar-refractivity contribution in [2.45, 2.75) is 22.6 Å². The Hall–Kier alpha value is -1.43. The Bertz CT molecular complexity index is 608. The Morgan fingerprint density at radius 1 is 1.20 bits per heavy atom. The van der Waals surface area contributed by atoms with E-state index in [0.29, 0.717) is 5.56 Å². The van der Waals surface area contributed by atoms with E-state index in [1.165, 1.54) is 22.6 Å². The second-order valence-corrected chi connectivity index (χ2v) is 6.06. The molecule has 0 amide bonds. The maximum Gasteiger partial charge on any atom is 0.130 e. The number of thioether (sulfide) groups is 1. The summed E-state index contributed by atoms with van der Waals surface area (Å²) in [4.78, 5) is 1.19. The lowest BCUT2D eigenvalue weighted by atomic mass is 9.99. The molecular formula is C15H14F2N2S. The molecule has 104 valence electrons. The molecule has 0 saturated heterocycles. The Kier molecular flexibility index (Phi) is 3.74. The Morgan fingerprint density at radius 3 is 2.70 bits per heavy atom. The van der Waals surface area contributed by atoms with E-state index < -0.39 is 11.6 Å². The number of hydrogen-bond donors (Lipinski definition) is 2. The van der Waals surface area contributed by atoms with Crippen molar-refractivity contribution in [3.05, 3.63) is 65.2 Å². The van der Waals surface area contributed by atoms with E-state index in [1.54, 1.807) is 11.8 Å². The fraction of sp³-hybridized carbons (Fsp3) is 0.200. The maximum atomic E-state index is 13.9. The number of halogens is 2. The van der Waals surface area contributed by atoms with Gasteiger partial charge in [-0.1, -0.05) is 24.3 Å². The van der Waals surface area contributed by atoms with Gasteiger partial charge in [0, 0.05) is 21.8 Å². The first-order valence-corrected chi connectivity index (χ1v) is 7.22. The molecule has 5 heteroatoms. The summed E-state index contributed by atoms with van der Waals surface area (Å²) in [6.45, 7) is 0. The molecule has 1 aliphatic rings. The normalized spacial score (nSPS) is 18.9. The standard InChI is InChI=1S/C15H14F2N2S/c16-10-5-6-11(12(17)8-10)15(19-18)14-7-9-3-1-2-4-13(9)20-14/h1-6,8,14-15,19H,7,18H2. The molecule has 1 heterocycles. The van der Waals surface area contributed by atoms with Gasteiger partial charge in [-0.05, 0) is 24.1 Å². The minimum atomic E-state index is -0.579. The summed E-state index contributed by atoms with van der Waals surface area (Å²) in [5, 5.41) is 0.0948. The Morgan fingerprint density at radius 2 is 2.00 bits per heavy atom. The van der Waals surface area contributed by atoms with Gasteiger partial charge in [0.2, 0.25) is 0 Å². The van der Waals surface area contributed by atoms with Crippen LogP contribution in [0.1, 0.15) is 17.2 Å². The Balaban J connectivity index is 1.89. The van der Waals surface area contributed by atoms with Crippen LogP contribution in [-0.2, 0) is 6.42 Å². The predicted octanol–water partition coefficient (Wildman–Crippen LogP) is 3.19. The summed E-state index contributed by atoms with van der Waals surface area (Å²) in [5.41, 5.74) is 4.32. The van der Waals surface area contributed by atoms with Gasteiger partial charge in [0.15, 0.2) is 0 Å². The molecule has 2 atom stereocenters. The van der Waals surface area contributed by atoms with Gasteiger partial charge in [0.05, 0.1) is 6.04 Å². The summed E-state index contributed by atoms with van der Waals surface area (Å²) >= 11 is 1.67. The molecule has 0 radical (unpaired) electrons. The van der Waals surface area contributed by atoms with Crippen LogP contribution in [0.2, 0.25) is 0 Å². The van der Waals surface area contributed by atoms with Crippen molar-refractivity contribution in [3.63, 3.8) is 0 Å². The zero-order chi connectivity index (χ0) is 14.1. The molecular weight excluding hydrogens is 278 g/mol. The van der Waals surface area contributed by atoms with Crippen LogP contribution in [0.25, 0.3) is 0 Å². The van der Waals surface area contributed by atoms with Crippen LogP contribution in [0.15, 0.2) is 47.4 Å². The minimum Gasteiger partial charge on any atom is -0.271 e. The lowest BCUT2D eigenvalue weighted by molar-refractivity contribution is 0.491. The van der Waals surface area contributed by atoms with E-state index >= 15 is 0 Å². The molecule has 0 spiro atoms. The second-order valence-electron chi connectivity index (χ2n) is 4.78. The third kappa shape index (κ3) is 2.44. The highest BCUT2D eigenvalue weighted by Crippen LogP contribution is 2.42. The molecule has 0 aliphatic carbocycles. The summed E-state index contributed by atoms with van der Waals surface area (Å²) in [6, 6.07) is 11.3. The first-order chi connectivity index (χ1) is 9.69. The largest absolute Gasteiger partial charge is 0.271 e. The average Bonchev–Trinajstić information content (AvgIpc) is 2.85. The predicted molar refractivity (Wildman–Crippen MR) is 76.2 cm³/mol. The van der Waals surface area contributed by atoms with Gasteiger partial charge in [0.1, 0.15) is 11.6 Å². The number of benzene rings is 2. The smallest absolute Gasteiger partial charge is 0.130 e. The van der Waals surface area contributed by atoms with Crippen molar-refractivity contribution in [2.24, 2.45) is 5.84 Å². The van der Waals surface area contributed by atoms with Crippen molar-refractivity contribution < 1.29 is 8.78 Å². The number of rotatable bonds is 3. The molecule has 0 fully saturated rings. The summed E-state index contributed by atoms with van der Waals surface area (Å²) in [5.74, 6) is 4.46. The van der Waals surface area contributed by atoms with Crippen LogP contribution < -0.4 is 11.3 Å². The fourth-order valence-corrected chi connectivity index (χ4v) is 3.96. The van der Waals surface area contributed by atoms with Crippen LogP contribution in [0.4, 0.5) is 8.78 Å². The number of hydrogen-bond acceptors (Lipinski definition) is 3. The lowest BCUT2D eigenvalue weighted by Crippen LogP contribution is -2.35. The number of nitrogens with two attached hydrogens (primary N) is 1. The molecule has 3 N–H and O–H groups in total. The molecule has 20 heavy (non-hydrogen) atoms.